The molecule has 0 fully saturated rings. The van der Waals surface area contributed by atoms with Crippen LogP contribution < -0.4 is 5.32 Å². The molecule has 130 valence electrons. The van der Waals surface area contributed by atoms with Crippen molar-refractivity contribution in [3.63, 3.8) is 0 Å². The first-order valence-corrected chi connectivity index (χ1v) is 9.93. The van der Waals surface area contributed by atoms with Crippen LogP contribution in [0.1, 0.15) is 27.0 Å². The van der Waals surface area contributed by atoms with E-state index in [1.54, 1.807) is 23.0 Å². The van der Waals surface area contributed by atoms with Gasteiger partial charge in [-0.3, -0.25) is 4.79 Å². The Morgan fingerprint density at radius 3 is 2.69 bits per heavy atom. The number of benzene rings is 1. The van der Waals surface area contributed by atoms with E-state index in [9.17, 15) is 4.79 Å². The van der Waals surface area contributed by atoms with Gasteiger partial charge in [0, 0.05) is 22.4 Å². The smallest absolute Gasteiger partial charge is 0.270 e. The number of hydrogen-bond acceptors (Lipinski definition) is 5. The lowest BCUT2D eigenvalue weighted by Gasteiger charge is -2.13. The normalized spacial score (nSPS) is 12.0. The molecule has 4 rings (SSSR count). The summed E-state index contributed by atoms with van der Waals surface area (Å²) in [7, 11) is 0. The van der Waals surface area contributed by atoms with Gasteiger partial charge in [-0.1, -0.05) is 36.4 Å². The van der Waals surface area contributed by atoms with Crippen LogP contribution >= 0.6 is 22.7 Å². The fourth-order valence-corrected chi connectivity index (χ4v) is 4.34. The first-order valence-electron chi connectivity index (χ1n) is 8.17. The standard InChI is InChI=1S/C20H16N2O2S2/c23-19(16-13-26-20(22-16)14-6-2-1-3-7-14)21-12-15(17-8-4-10-24-17)18-9-5-11-25-18/h1-11,13,15H,12H2,(H,21,23)/t15-/m0/s1. The van der Waals surface area contributed by atoms with Gasteiger partial charge in [0.15, 0.2) is 0 Å². The average Bonchev–Trinajstić information content (AvgIpc) is 3.44. The number of amides is 1. The molecule has 0 spiro atoms. The van der Waals surface area contributed by atoms with Crippen LogP contribution in [0.3, 0.4) is 0 Å². The lowest BCUT2D eigenvalue weighted by molar-refractivity contribution is 0.0947. The van der Waals surface area contributed by atoms with E-state index in [-0.39, 0.29) is 11.8 Å². The van der Waals surface area contributed by atoms with Gasteiger partial charge in [0.25, 0.3) is 5.91 Å². The van der Waals surface area contributed by atoms with Crippen LogP contribution in [-0.4, -0.2) is 17.4 Å². The van der Waals surface area contributed by atoms with Crippen molar-refractivity contribution >= 4 is 28.6 Å². The van der Waals surface area contributed by atoms with Crippen LogP contribution in [0.15, 0.2) is 76.0 Å². The van der Waals surface area contributed by atoms with Crippen molar-refractivity contribution in [2.24, 2.45) is 0 Å². The predicted molar refractivity (Wildman–Crippen MR) is 105 cm³/mol. The third-order valence-corrected chi connectivity index (χ3v) is 5.87. The summed E-state index contributed by atoms with van der Waals surface area (Å²) in [6.45, 7) is 0.463. The van der Waals surface area contributed by atoms with Gasteiger partial charge >= 0.3 is 0 Å². The summed E-state index contributed by atoms with van der Waals surface area (Å²) >= 11 is 3.13. The Labute approximate surface area is 159 Å². The molecular formula is C20H16N2O2S2. The van der Waals surface area contributed by atoms with Gasteiger partial charge in [-0.05, 0) is 23.6 Å². The molecule has 1 aromatic carbocycles. The Bertz CT molecular complexity index is 926. The van der Waals surface area contributed by atoms with Gasteiger partial charge in [-0.15, -0.1) is 22.7 Å². The molecule has 1 N–H and O–H groups in total. The van der Waals surface area contributed by atoms with Crippen molar-refractivity contribution in [3.05, 3.63) is 88.0 Å². The van der Waals surface area contributed by atoms with E-state index in [1.165, 1.54) is 11.3 Å². The Balaban J connectivity index is 1.47. The second kappa shape index (κ2) is 7.68. The molecule has 0 aliphatic rings. The number of rotatable bonds is 6. The van der Waals surface area contributed by atoms with E-state index in [0.29, 0.717) is 12.2 Å². The fraction of sp³-hybridized carbons (Fsp3) is 0.100. The summed E-state index contributed by atoms with van der Waals surface area (Å²) < 4.78 is 5.56. The van der Waals surface area contributed by atoms with Crippen LogP contribution in [0, 0.1) is 0 Å². The van der Waals surface area contributed by atoms with Crippen molar-refractivity contribution in [2.75, 3.05) is 6.54 Å². The van der Waals surface area contributed by atoms with Gasteiger partial charge in [0.1, 0.15) is 16.5 Å². The number of nitrogens with zero attached hydrogens (tertiary/aromatic N) is 1. The fourth-order valence-electron chi connectivity index (χ4n) is 2.70. The third-order valence-electron chi connectivity index (χ3n) is 4.00. The highest BCUT2D eigenvalue weighted by atomic mass is 32.1. The maximum absolute atomic E-state index is 12.5. The highest BCUT2D eigenvalue weighted by Crippen LogP contribution is 2.28. The quantitative estimate of drug-likeness (QED) is 0.511. The van der Waals surface area contributed by atoms with Crippen molar-refractivity contribution in [1.82, 2.24) is 10.3 Å². The van der Waals surface area contributed by atoms with E-state index in [1.807, 2.05) is 53.9 Å². The zero-order valence-corrected chi connectivity index (χ0v) is 15.4. The maximum atomic E-state index is 12.5. The van der Waals surface area contributed by atoms with Gasteiger partial charge in [0.2, 0.25) is 0 Å². The molecule has 1 amide bonds. The van der Waals surface area contributed by atoms with E-state index < -0.39 is 0 Å². The monoisotopic (exact) mass is 380 g/mol. The molecule has 0 aliphatic carbocycles. The topological polar surface area (TPSA) is 55.1 Å². The SMILES string of the molecule is O=C(NC[C@@H](c1ccco1)c1cccs1)c1csc(-c2ccccc2)n1. The minimum atomic E-state index is -0.170. The number of nitrogens with one attached hydrogen (secondary N) is 1. The molecule has 3 aromatic heterocycles. The van der Waals surface area contributed by atoms with E-state index in [0.717, 1.165) is 21.2 Å². The van der Waals surface area contributed by atoms with Crippen molar-refractivity contribution < 1.29 is 9.21 Å². The summed E-state index contributed by atoms with van der Waals surface area (Å²) in [5, 5.41) is 7.66. The van der Waals surface area contributed by atoms with Crippen molar-refractivity contribution in [1.29, 1.82) is 0 Å². The minimum absolute atomic E-state index is 0.00109. The van der Waals surface area contributed by atoms with Crippen LogP contribution in [0.5, 0.6) is 0 Å². The van der Waals surface area contributed by atoms with Crippen LogP contribution in [0.25, 0.3) is 10.6 Å². The molecular weight excluding hydrogens is 364 g/mol. The van der Waals surface area contributed by atoms with E-state index in [2.05, 4.69) is 16.4 Å². The summed E-state index contributed by atoms with van der Waals surface area (Å²) in [5.74, 6) is 0.675. The zero-order chi connectivity index (χ0) is 17.8. The summed E-state index contributed by atoms with van der Waals surface area (Å²) in [4.78, 5) is 18.2. The Morgan fingerprint density at radius 2 is 1.96 bits per heavy atom. The number of carbonyl (C=O) groups is 1. The first-order chi connectivity index (χ1) is 12.8. The van der Waals surface area contributed by atoms with Crippen LogP contribution in [-0.2, 0) is 0 Å². The second-order valence-corrected chi connectivity index (χ2v) is 7.53. The van der Waals surface area contributed by atoms with Gasteiger partial charge < -0.3 is 9.73 Å². The molecule has 0 unspecified atom stereocenters. The summed E-state index contributed by atoms with van der Waals surface area (Å²) in [5.41, 5.74) is 1.46. The Morgan fingerprint density at radius 1 is 1.08 bits per heavy atom. The Kier molecular flexibility index (Phi) is 4.95. The van der Waals surface area contributed by atoms with Crippen molar-refractivity contribution in [3.8, 4) is 10.6 Å². The maximum Gasteiger partial charge on any atom is 0.270 e. The molecule has 0 bridgehead atoms. The molecule has 0 saturated carbocycles. The molecule has 0 radical (unpaired) electrons. The third kappa shape index (κ3) is 3.61. The highest BCUT2D eigenvalue weighted by molar-refractivity contribution is 7.13. The number of carbonyl (C=O) groups excluding carboxylic acids is 1. The van der Waals surface area contributed by atoms with Crippen LogP contribution in [0.4, 0.5) is 0 Å². The number of thiazole rings is 1. The molecule has 3 heterocycles. The van der Waals surface area contributed by atoms with E-state index >= 15 is 0 Å². The molecule has 4 nitrogen and oxygen atoms in total. The molecule has 26 heavy (non-hydrogen) atoms. The minimum Gasteiger partial charge on any atom is -0.469 e. The zero-order valence-electron chi connectivity index (χ0n) is 13.8. The number of furan rings is 1. The molecule has 0 aliphatic heterocycles. The molecule has 4 aromatic rings. The lowest BCUT2D eigenvalue weighted by atomic mass is 10.0. The molecule has 1 atom stereocenters. The van der Waals surface area contributed by atoms with Crippen molar-refractivity contribution in [2.45, 2.75) is 5.92 Å². The number of aromatic nitrogens is 1. The second-order valence-electron chi connectivity index (χ2n) is 5.70. The summed E-state index contributed by atoms with van der Waals surface area (Å²) in [6, 6.07) is 17.7. The number of thiophene rings is 1. The Hall–Kier alpha value is -2.70. The van der Waals surface area contributed by atoms with Crippen LogP contribution in [0.2, 0.25) is 0 Å². The summed E-state index contributed by atoms with van der Waals surface area (Å²) in [6.07, 6.45) is 1.66. The first kappa shape index (κ1) is 16.8. The lowest BCUT2D eigenvalue weighted by Crippen LogP contribution is -2.28. The number of hydrogen-bond donors (Lipinski definition) is 1. The van der Waals surface area contributed by atoms with Gasteiger partial charge in [0.05, 0.1) is 12.2 Å². The largest absolute Gasteiger partial charge is 0.469 e. The molecule has 0 saturated heterocycles. The molecule has 6 heteroatoms. The van der Waals surface area contributed by atoms with E-state index in [4.69, 9.17) is 4.42 Å². The average molecular weight is 380 g/mol. The van der Waals surface area contributed by atoms with Gasteiger partial charge in [-0.25, -0.2) is 4.98 Å². The van der Waals surface area contributed by atoms with Gasteiger partial charge in [-0.2, -0.15) is 0 Å². The highest BCUT2D eigenvalue weighted by Gasteiger charge is 2.20. The predicted octanol–water partition coefficient (Wildman–Crippen LogP) is 5.03.